The maximum Gasteiger partial charge on any atom is 0.490 e. The number of carboxylic acids is 1. The Balaban J connectivity index is 0.000000423. The van der Waals surface area contributed by atoms with Crippen LogP contribution in [-0.4, -0.2) is 29.4 Å². The first-order valence-electron chi connectivity index (χ1n) is 8.81. The number of aliphatic carboxylic acids is 1. The zero-order valence-electron chi connectivity index (χ0n) is 16.1. The fraction of sp³-hybridized carbons (Fsp3) is 0.0952. The van der Waals surface area contributed by atoms with Gasteiger partial charge < -0.3 is 22.0 Å². The van der Waals surface area contributed by atoms with E-state index in [9.17, 15) is 18.0 Å². The first-order chi connectivity index (χ1) is 14.6. The molecule has 0 fully saturated rings. The Morgan fingerprint density at radius 3 is 2.13 bits per heavy atom. The summed E-state index contributed by atoms with van der Waals surface area (Å²) < 4.78 is 31.7. The maximum atomic E-state index is 12.3. The lowest BCUT2D eigenvalue weighted by Gasteiger charge is -2.08. The van der Waals surface area contributed by atoms with Crippen LogP contribution in [0.1, 0.15) is 21.5 Å². The number of hydrogen-bond acceptors (Lipinski definition) is 5. The Labute approximate surface area is 175 Å². The Hall–Kier alpha value is -3.92. The average molecular weight is 432 g/mol. The minimum Gasteiger partial charge on any atom is -0.475 e. The third kappa shape index (κ3) is 6.82. The molecular formula is C21H19F3N4O3. The highest BCUT2D eigenvalue weighted by atomic mass is 19.4. The molecule has 0 spiro atoms. The van der Waals surface area contributed by atoms with Gasteiger partial charge in [-0.1, -0.05) is 30.3 Å². The molecule has 0 bridgehead atoms. The number of nitrogens with two attached hydrogens (primary N) is 2. The number of hydrogen-bond donors (Lipinski definition) is 4. The first-order valence-corrected chi connectivity index (χ1v) is 8.81. The summed E-state index contributed by atoms with van der Waals surface area (Å²) in [4.78, 5) is 21.2. The molecule has 3 aromatic carbocycles. The number of halogens is 3. The lowest BCUT2D eigenvalue weighted by Crippen LogP contribution is -2.21. The molecule has 0 saturated heterocycles. The standard InChI is InChI=1S/C19H18N4O.C2HF3O2/c20-11-13-1-4-15(5-2-13)19(24)23-18-8-7-16-9-14(12-22-21)3-6-17(16)10-18;3-2(4,5)1(6)7/h1-10,12H,11,20-21H2,(H,23,24);(H,6,7). The highest BCUT2D eigenvalue weighted by molar-refractivity contribution is 6.05. The summed E-state index contributed by atoms with van der Waals surface area (Å²) in [5, 5.41) is 15.6. The average Bonchev–Trinajstić information content (AvgIpc) is 2.74. The zero-order chi connectivity index (χ0) is 23.0. The largest absolute Gasteiger partial charge is 0.490 e. The number of carbonyl (C=O) groups is 2. The molecule has 0 aliphatic rings. The van der Waals surface area contributed by atoms with E-state index in [1.165, 1.54) is 0 Å². The van der Waals surface area contributed by atoms with Crippen LogP contribution in [0.4, 0.5) is 18.9 Å². The van der Waals surface area contributed by atoms with Crippen molar-refractivity contribution in [3.8, 4) is 0 Å². The molecule has 162 valence electrons. The van der Waals surface area contributed by atoms with Crippen LogP contribution in [0, 0.1) is 0 Å². The molecule has 3 rings (SSSR count). The molecule has 0 radical (unpaired) electrons. The number of carbonyl (C=O) groups excluding carboxylic acids is 1. The summed E-state index contributed by atoms with van der Waals surface area (Å²) in [6.45, 7) is 0.462. The summed E-state index contributed by atoms with van der Waals surface area (Å²) in [6, 6.07) is 18.9. The molecule has 6 N–H and O–H groups in total. The van der Waals surface area contributed by atoms with Crippen molar-refractivity contribution >= 4 is 34.6 Å². The van der Waals surface area contributed by atoms with Gasteiger partial charge in [-0.2, -0.15) is 18.3 Å². The molecule has 0 aliphatic heterocycles. The van der Waals surface area contributed by atoms with Gasteiger partial charge in [0.25, 0.3) is 5.91 Å². The Morgan fingerprint density at radius 1 is 1.00 bits per heavy atom. The highest BCUT2D eigenvalue weighted by Crippen LogP contribution is 2.21. The third-order valence-electron chi connectivity index (χ3n) is 4.04. The second-order valence-electron chi connectivity index (χ2n) is 6.26. The molecule has 0 aliphatic carbocycles. The summed E-state index contributed by atoms with van der Waals surface area (Å²) >= 11 is 0. The van der Waals surface area contributed by atoms with E-state index in [1.54, 1.807) is 18.3 Å². The van der Waals surface area contributed by atoms with Crippen molar-refractivity contribution in [2.75, 3.05) is 5.32 Å². The number of alkyl halides is 3. The van der Waals surface area contributed by atoms with E-state index < -0.39 is 12.1 Å². The van der Waals surface area contributed by atoms with E-state index in [0.29, 0.717) is 12.1 Å². The molecule has 0 unspecified atom stereocenters. The van der Waals surface area contributed by atoms with Crippen LogP contribution in [0.5, 0.6) is 0 Å². The molecule has 3 aromatic rings. The summed E-state index contributed by atoms with van der Waals surface area (Å²) in [7, 11) is 0. The molecule has 0 atom stereocenters. The smallest absolute Gasteiger partial charge is 0.475 e. The van der Waals surface area contributed by atoms with Crippen LogP contribution in [0.2, 0.25) is 0 Å². The quantitative estimate of drug-likeness (QED) is 0.285. The van der Waals surface area contributed by atoms with E-state index >= 15 is 0 Å². The summed E-state index contributed by atoms with van der Waals surface area (Å²) in [6.07, 6.45) is -3.49. The SMILES string of the molecule is NCc1ccc(C(=O)Nc2ccc3cc(C=NN)ccc3c2)cc1.O=C(O)C(F)(F)F. The van der Waals surface area contributed by atoms with Gasteiger partial charge in [0.2, 0.25) is 0 Å². The minimum absolute atomic E-state index is 0.148. The molecule has 1 amide bonds. The molecule has 0 heterocycles. The van der Waals surface area contributed by atoms with Crippen LogP contribution in [0.15, 0.2) is 65.8 Å². The van der Waals surface area contributed by atoms with E-state index in [1.807, 2.05) is 48.5 Å². The summed E-state index contributed by atoms with van der Waals surface area (Å²) in [5.74, 6) is 2.27. The van der Waals surface area contributed by atoms with Gasteiger partial charge in [-0.3, -0.25) is 4.79 Å². The number of fused-ring (bicyclic) bond motifs is 1. The number of hydrazone groups is 1. The third-order valence-corrected chi connectivity index (χ3v) is 4.04. The van der Waals surface area contributed by atoms with Crippen LogP contribution in [0.25, 0.3) is 10.8 Å². The van der Waals surface area contributed by atoms with Crippen LogP contribution in [0.3, 0.4) is 0 Å². The topological polar surface area (TPSA) is 131 Å². The second-order valence-corrected chi connectivity index (χ2v) is 6.26. The van der Waals surface area contributed by atoms with E-state index in [0.717, 1.165) is 27.6 Å². The predicted molar refractivity (Wildman–Crippen MR) is 112 cm³/mol. The molecule has 0 saturated carbocycles. The van der Waals surface area contributed by atoms with Gasteiger partial charge in [0.05, 0.1) is 6.21 Å². The molecule has 0 aromatic heterocycles. The van der Waals surface area contributed by atoms with Crippen LogP contribution < -0.4 is 16.9 Å². The first kappa shape index (κ1) is 23.4. The number of rotatable bonds is 4. The van der Waals surface area contributed by atoms with Crippen molar-refractivity contribution in [2.24, 2.45) is 16.7 Å². The minimum atomic E-state index is -5.08. The van der Waals surface area contributed by atoms with Gasteiger partial charge >= 0.3 is 12.1 Å². The van der Waals surface area contributed by atoms with Gasteiger partial charge in [-0.05, 0) is 52.2 Å². The van der Waals surface area contributed by atoms with Crippen molar-refractivity contribution in [2.45, 2.75) is 12.7 Å². The second kappa shape index (κ2) is 10.2. The predicted octanol–water partition coefficient (Wildman–Crippen LogP) is 3.48. The number of nitrogens with zero attached hydrogens (tertiary/aromatic N) is 1. The van der Waals surface area contributed by atoms with E-state index in [-0.39, 0.29) is 5.91 Å². The lowest BCUT2D eigenvalue weighted by molar-refractivity contribution is -0.192. The number of carboxylic acid groups (broad SMARTS) is 1. The molecule has 7 nitrogen and oxygen atoms in total. The van der Waals surface area contributed by atoms with Crippen molar-refractivity contribution in [3.63, 3.8) is 0 Å². The zero-order valence-corrected chi connectivity index (χ0v) is 16.1. The van der Waals surface area contributed by atoms with Gasteiger partial charge in [-0.25, -0.2) is 4.79 Å². The number of nitrogens with one attached hydrogen (secondary N) is 1. The maximum absolute atomic E-state index is 12.3. The van der Waals surface area contributed by atoms with Gasteiger partial charge in [0, 0.05) is 17.8 Å². The summed E-state index contributed by atoms with van der Waals surface area (Å²) in [5.41, 5.74) is 8.84. The van der Waals surface area contributed by atoms with Crippen molar-refractivity contribution in [3.05, 3.63) is 77.4 Å². The Bertz CT molecular complexity index is 1100. The number of benzene rings is 3. The van der Waals surface area contributed by atoms with Crippen LogP contribution in [-0.2, 0) is 11.3 Å². The van der Waals surface area contributed by atoms with E-state index in [4.69, 9.17) is 21.5 Å². The van der Waals surface area contributed by atoms with E-state index in [2.05, 4.69) is 10.4 Å². The monoisotopic (exact) mass is 432 g/mol. The van der Waals surface area contributed by atoms with Gasteiger partial charge in [0.15, 0.2) is 0 Å². The van der Waals surface area contributed by atoms with Crippen LogP contribution >= 0.6 is 0 Å². The van der Waals surface area contributed by atoms with Crippen molar-refractivity contribution in [1.29, 1.82) is 0 Å². The Kier molecular flexibility index (Phi) is 7.70. The van der Waals surface area contributed by atoms with Crippen molar-refractivity contribution < 1.29 is 27.9 Å². The highest BCUT2D eigenvalue weighted by Gasteiger charge is 2.38. The number of amides is 1. The van der Waals surface area contributed by atoms with Crippen molar-refractivity contribution in [1.82, 2.24) is 0 Å². The lowest BCUT2D eigenvalue weighted by atomic mass is 10.1. The number of anilines is 1. The molecule has 10 heteroatoms. The van der Waals surface area contributed by atoms with Gasteiger partial charge in [0.1, 0.15) is 0 Å². The molecule has 31 heavy (non-hydrogen) atoms. The Morgan fingerprint density at radius 2 is 1.58 bits per heavy atom. The normalized spacial score (nSPS) is 11.1. The fourth-order valence-electron chi connectivity index (χ4n) is 2.50. The molecular weight excluding hydrogens is 413 g/mol. The fourth-order valence-corrected chi connectivity index (χ4v) is 2.50. The van der Waals surface area contributed by atoms with Gasteiger partial charge in [-0.15, -0.1) is 0 Å².